The molecule has 1 aromatic rings. The van der Waals surface area contributed by atoms with Crippen molar-refractivity contribution in [1.82, 2.24) is 5.32 Å². The van der Waals surface area contributed by atoms with Crippen LogP contribution in [0, 0.1) is 11.8 Å². The van der Waals surface area contributed by atoms with Crippen LogP contribution >= 0.6 is 11.3 Å². The standard InChI is InChI=1S/C14H19NO3S/c1-2-10-18-11-4-8-15-14(17)13-7-6-12(19-13)5-3-9-16/h6-7,16H,2,4,8-11H2,1H3,(H,15,17). The van der Waals surface area contributed by atoms with Gasteiger partial charge >= 0.3 is 0 Å². The van der Waals surface area contributed by atoms with E-state index in [1.807, 2.05) is 0 Å². The van der Waals surface area contributed by atoms with Crippen molar-refractivity contribution in [3.8, 4) is 11.8 Å². The zero-order valence-electron chi connectivity index (χ0n) is 11.1. The number of hydrogen-bond donors (Lipinski definition) is 2. The summed E-state index contributed by atoms with van der Waals surface area (Å²) < 4.78 is 5.33. The highest BCUT2D eigenvalue weighted by Crippen LogP contribution is 2.14. The van der Waals surface area contributed by atoms with Crippen LogP contribution in [0.4, 0.5) is 0 Å². The largest absolute Gasteiger partial charge is 0.384 e. The van der Waals surface area contributed by atoms with Crippen LogP contribution in [-0.2, 0) is 4.74 Å². The second kappa shape index (κ2) is 9.56. The second-order valence-corrected chi connectivity index (χ2v) is 4.93. The van der Waals surface area contributed by atoms with Gasteiger partial charge in [-0.15, -0.1) is 11.3 Å². The highest BCUT2D eigenvalue weighted by Gasteiger charge is 2.07. The summed E-state index contributed by atoms with van der Waals surface area (Å²) in [5.41, 5.74) is 0. The minimum absolute atomic E-state index is 0.0856. The number of aliphatic hydroxyl groups is 1. The zero-order valence-corrected chi connectivity index (χ0v) is 11.9. The van der Waals surface area contributed by atoms with Crippen LogP contribution in [0.1, 0.15) is 34.3 Å². The third-order valence-electron chi connectivity index (χ3n) is 2.22. The third kappa shape index (κ3) is 6.39. The van der Waals surface area contributed by atoms with Crippen molar-refractivity contribution in [2.24, 2.45) is 0 Å². The topological polar surface area (TPSA) is 58.6 Å². The van der Waals surface area contributed by atoms with Crippen molar-refractivity contribution < 1.29 is 14.6 Å². The first-order chi connectivity index (χ1) is 9.27. The Balaban J connectivity index is 2.27. The quantitative estimate of drug-likeness (QED) is 0.590. The van der Waals surface area contributed by atoms with Crippen LogP contribution < -0.4 is 5.32 Å². The van der Waals surface area contributed by atoms with Crippen LogP contribution in [-0.4, -0.2) is 37.4 Å². The fourth-order valence-electron chi connectivity index (χ4n) is 1.36. The van der Waals surface area contributed by atoms with Gasteiger partial charge in [0.25, 0.3) is 5.91 Å². The van der Waals surface area contributed by atoms with Crippen molar-refractivity contribution in [3.63, 3.8) is 0 Å². The molecule has 0 radical (unpaired) electrons. The number of aliphatic hydroxyl groups excluding tert-OH is 1. The maximum Gasteiger partial charge on any atom is 0.261 e. The molecule has 104 valence electrons. The molecule has 0 aliphatic carbocycles. The molecule has 2 N–H and O–H groups in total. The van der Waals surface area contributed by atoms with E-state index in [9.17, 15) is 4.79 Å². The highest BCUT2D eigenvalue weighted by molar-refractivity contribution is 7.14. The monoisotopic (exact) mass is 281 g/mol. The third-order valence-corrected chi connectivity index (χ3v) is 3.22. The predicted molar refractivity (Wildman–Crippen MR) is 76.3 cm³/mol. The van der Waals surface area contributed by atoms with Gasteiger partial charge in [-0.25, -0.2) is 0 Å². The number of thiophene rings is 1. The molecule has 0 saturated carbocycles. The smallest absolute Gasteiger partial charge is 0.261 e. The molecule has 0 bridgehead atoms. The van der Waals surface area contributed by atoms with Gasteiger partial charge in [-0.2, -0.15) is 0 Å². The van der Waals surface area contributed by atoms with Gasteiger partial charge in [0, 0.05) is 19.8 Å². The molecule has 0 aliphatic rings. The van der Waals surface area contributed by atoms with Crippen molar-refractivity contribution in [2.45, 2.75) is 19.8 Å². The summed E-state index contributed by atoms with van der Waals surface area (Å²) in [4.78, 5) is 13.2. The Labute approximate surface area is 117 Å². The fraction of sp³-hybridized carbons (Fsp3) is 0.500. The summed E-state index contributed by atoms with van der Waals surface area (Å²) in [6, 6.07) is 3.53. The van der Waals surface area contributed by atoms with Crippen LogP contribution in [0.25, 0.3) is 0 Å². The van der Waals surface area contributed by atoms with E-state index in [0.29, 0.717) is 18.0 Å². The van der Waals surface area contributed by atoms with E-state index < -0.39 is 0 Å². The number of amides is 1. The SMILES string of the molecule is CCCOCCCNC(=O)c1ccc(C#CCO)s1. The first-order valence-electron chi connectivity index (χ1n) is 6.33. The number of nitrogens with one attached hydrogen (secondary N) is 1. The van der Waals surface area contributed by atoms with Crippen LogP contribution in [0.5, 0.6) is 0 Å². The molecule has 19 heavy (non-hydrogen) atoms. The van der Waals surface area contributed by atoms with Crippen LogP contribution in [0.2, 0.25) is 0 Å². The summed E-state index contributed by atoms with van der Waals surface area (Å²) in [6.45, 7) is 3.95. The number of hydrogen-bond acceptors (Lipinski definition) is 4. The van der Waals surface area contributed by atoms with Gasteiger partial charge in [-0.3, -0.25) is 4.79 Å². The maximum atomic E-state index is 11.8. The maximum absolute atomic E-state index is 11.8. The van der Waals surface area contributed by atoms with E-state index in [1.165, 1.54) is 11.3 Å². The van der Waals surface area contributed by atoms with E-state index in [1.54, 1.807) is 12.1 Å². The number of ether oxygens (including phenoxy) is 1. The molecule has 0 saturated heterocycles. The summed E-state index contributed by atoms with van der Waals surface area (Å²) in [5.74, 6) is 5.25. The molecular formula is C14H19NO3S. The average Bonchev–Trinajstić information content (AvgIpc) is 2.89. The van der Waals surface area contributed by atoms with Crippen LogP contribution in [0.3, 0.4) is 0 Å². The minimum atomic E-state index is -0.169. The van der Waals surface area contributed by atoms with E-state index in [-0.39, 0.29) is 12.5 Å². The molecule has 1 aromatic heterocycles. The normalized spacial score (nSPS) is 9.79. The van der Waals surface area contributed by atoms with Crippen molar-refractivity contribution >= 4 is 17.2 Å². The van der Waals surface area contributed by atoms with Gasteiger partial charge in [-0.1, -0.05) is 18.8 Å². The Bertz CT molecular complexity index is 445. The number of carbonyl (C=O) groups excluding carboxylic acids is 1. The Kier molecular flexibility index (Phi) is 7.91. The lowest BCUT2D eigenvalue weighted by atomic mass is 10.4. The molecule has 0 spiro atoms. The molecule has 1 amide bonds. The Morgan fingerprint density at radius 1 is 1.47 bits per heavy atom. The zero-order chi connectivity index (χ0) is 13.9. The Hall–Kier alpha value is -1.35. The van der Waals surface area contributed by atoms with Gasteiger partial charge in [0.2, 0.25) is 0 Å². The van der Waals surface area contributed by atoms with E-state index in [2.05, 4.69) is 24.1 Å². The van der Waals surface area contributed by atoms with Gasteiger partial charge in [0.1, 0.15) is 6.61 Å². The number of carbonyl (C=O) groups is 1. The molecule has 0 unspecified atom stereocenters. The van der Waals surface area contributed by atoms with Gasteiger partial charge < -0.3 is 15.2 Å². The van der Waals surface area contributed by atoms with Gasteiger partial charge in [-0.05, 0) is 25.0 Å². The van der Waals surface area contributed by atoms with Gasteiger partial charge in [0.05, 0.1) is 9.75 Å². The highest BCUT2D eigenvalue weighted by atomic mass is 32.1. The van der Waals surface area contributed by atoms with Crippen molar-refractivity contribution in [3.05, 3.63) is 21.9 Å². The molecule has 0 aliphatic heterocycles. The molecule has 0 atom stereocenters. The first-order valence-corrected chi connectivity index (χ1v) is 7.15. The lowest BCUT2D eigenvalue weighted by molar-refractivity contribution is 0.0945. The summed E-state index contributed by atoms with van der Waals surface area (Å²) >= 11 is 1.32. The molecular weight excluding hydrogens is 262 g/mol. The molecule has 4 nitrogen and oxygen atoms in total. The lowest BCUT2D eigenvalue weighted by Crippen LogP contribution is -2.24. The summed E-state index contributed by atoms with van der Waals surface area (Å²) in [7, 11) is 0. The van der Waals surface area contributed by atoms with Crippen molar-refractivity contribution in [1.29, 1.82) is 0 Å². The number of rotatable bonds is 7. The van der Waals surface area contributed by atoms with Crippen molar-refractivity contribution in [2.75, 3.05) is 26.4 Å². The Morgan fingerprint density at radius 2 is 2.32 bits per heavy atom. The van der Waals surface area contributed by atoms with Crippen LogP contribution in [0.15, 0.2) is 12.1 Å². The summed E-state index contributed by atoms with van der Waals surface area (Å²) in [6.07, 6.45) is 1.83. The first kappa shape index (κ1) is 15.7. The molecule has 1 rings (SSSR count). The van der Waals surface area contributed by atoms with E-state index in [4.69, 9.17) is 9.84 Å². The molecule has 0 aromatic carbocycles. The second-order valence-electron chi connectivity index (χ2n) is 3.85. The predicted octanol–water partition coefficient (Wildman–Crippen LogP) is 1.64. The molecule has 0 fully saturated rings. The van der Waals surface area contributed by atoms with Gasteiger partial charge in [0.15, 0.2) is 0 Å². The molecule has 5 heteroatoms. The van der Waals surface area contributed by atoms with E-state index >= 15 is 0 Å². The lowest BCUT2D eigenvalue weighted by Gasteiger charge is -2.04. The Morgan fingerprint density at radius 3 is 3.05 bits per heavy atom. The summed E-state index contributed by atoms with van der Waals surface area (Å²) in [5, 5.41) is 11.4. The molecule has 1 heterocycles. The van der Waals surface area contributed by atoms with E-state index in [0.717, 1.165) is 24.3 Å². The minimum Gasteiger partial charge on any atom is -0.384 e. The fourth-order valence-corrected chi connectivity index (χ4v) is 2.16. The average molecular weight is 281 g/mol.